The van der Waals surface area contributed by atoms with E-state index in [1.54, 1.807) is 0 Å². The molecule has 1 saturated heterocycles. The van der Waals surface area contributed by atoms with E-state index in [-0.39, 0.29) is 0 Å². The van der Waals surface area contributed by atoms with Gasteiger partial charge < -0.3 is 5.32 Å². The highest BCUT2D eigenvalue weighted by atomic mass is 15.1. The monoisotopic (exact) mass is 227 g/mol. The zero-order valence-electron chi connectivity index (χ0n) is 10.6. The molecule has 1 aliphatic carbocycles. The minimum absolute atomic E-state index is 0.623. The summed E-state index contributed by atoms with van der Waals surface area (Å²) >= 11 is 0. The molecule has 1 nitrogen and oxygen atoms in total. The first-order chi connectivity index (χ1) is 8.35. The normalized spacial score (nSPS) is 23.0. The van der Waals surface area contributed by atoms with Crippen LogP contribution < -0.4 is 5.32 Å². The lowest BCUT2D eigenvalue weighted by atomic mass is 9.95. The molecule has 2 aliphatic rings. The van der Waals surface area contributed by atoms with Gasteiger partial charge in [-0.15, -0.1) is 5.73 Å². The molecule has 1 N–H and O–H groups in total. The van der Waals surface area contributed by atoms with Crippen molar-refractivity contribution in [2.45, 2.75) is 38.6 Å². The highest BCUT2D eigenvalue weighted by Crippen LogP contribution is 2.24. The number of rotatable bonds is 4. The van der Waals surface area contributed by atoms with Crippen molar-refractivity contribution in [1.29, 1.82) is 0 Å². The lowest BCUT2D eigenvalue weighted by molar-refractivity contribution is 0.903. The summed E-state index contributed by atoms with van der Waals surface area (Å²) in [5.41, 5.74) is 7.25. The van der Waals surface area contributed by atoms with Crippen molar-refractivity contribution >= 4 is 0 Å². The molecule has 1 atom stereocenters. The van der Waals surface area contributed by atoms with Crippen LogP contribution >= 0.6 is 0 Å². The molecule has 2 rings (SSSR count). The topological polar surface area (TPSA) is 21.9 Å². The molecular weight excluding hydrogens is 206 g/mol. The third-order valence-electron chi connectivity index (χ3n) is 3.31. The van der Waals surface area contributed by atoms with Crippen molar-refractivity contribution in [2.75, 3.05) is 6.54 Å². The van der Waals surface area contributed by atoms with Crippen molar-refractivity contribution in [3.05, 3.63) is 53.3 Å². The third-order valence-corrected chi connectivity index (χ3v) is 3.31. The van der Waals surface area contributed by atoms with Gasteiger partial charge in [0, 0.05) is 12.6 Å². The molecule has 1 heterocycles. The van der Waals surface area contributed by atoms with Crippen LogP contribution in [0.4, 0.5) is 0 Å². The maximum atomic E-state index is 3.82. The van der Waals surface area contributed by atoms with Crippen LogP contribution in [0.15, 0.2) is 53.3 Å². The van der Waals surface area contributed by atoms with Crippen molar-refractivity contribution in [2.24, 2.45) is 0 Å². The second-order valence-electron chi connectivity index (χ2n) is 4.68. The zero-order chi connectivity index (χ0) is 12.1. The van der Waals surface area contributed by atoms with Crippen molar-refractivity contribution < 1.29 is 0 Å². The Morgan fingerprint density at radius 3 is 2.82 bits per heavy atom. The van der Waals surface area contributed by atoms with Crippen molar-refractivity contribution in [3.63, 3.8) is 0 Å². The Morgan fingerprint density at radius 1 is 1.41 bits per heavy atom. The van der Waals surface area contributed by atoms with Crippen LogP contribution in [0.25, 0.3) is 0 Å². The summed E-state index contributed by atoms with van der Waals surface area (Å²) in [6.45, 7) is 7.16. The zero-order valence-corrected chi connectivity index (χ0v) is 10.6. The summed E-state index contributed by atoms with van der Waals surface area (Å²) in [4.78, 5) is 0. The minimum atomic E-state index is 0.623. The number of nitrogens with one attached hydrogen (secondary N) is 1. The second-order valence-corrected chi connectivity index (χ2v) is 4.68. The first-order valence-corrected chi connectivity index (χ1v) is 6.52. The highest BCUT2D eigenvalue weighted by molar-refractivity contribution is 5.38. The molecule has 0 saturated carbocycles. The largest absolute Gasteiger partial charge is 0.307 e. The summed E-state index contributed by atoms with van der Waals surface area (Å²) < 4.78 is 0. The van der Waals surface area contributed by atoms with Gasteiger partial charge in [-0.25, -0.2) is 0 Å². The Balaban J connectivity index is 2.20. The Bertz CT molecular complexity index is 413. The molecule has 0 amide bonds. The van der Waals surface area contributed by atoms with E-state index in [1.807, 2.05) is 0 Å². The van der Waals surface area contributed by atoms with Crippen LogP contribution in [0.3, 0.4) is 0 Å². The average Bonchev–Trinajstić information content (AvgIpc) is 3.11. The van der Waals surface area contributed by atoms with Gasteiger partial charge in [0.15, 0.2) is 0 Å². The fourth-order valence-electron chi connectivity index (χ4n) is 2.19. The summed E-state index contributed by atoms with van der Waals surface area (Å²) in [5.74, 6) is 0. The second kappa shape index (κ2) is 5.86. The predicted octanol–water partition coefficient (Wildman–Crippen LogP) is 3.67. The first kappa shape index (κ1) is 12.2. The van der Waals surface area contributed by atoms with Crippen LogP contribution in [0.1, 0.15) is 32.6 Å². The van der Waals surface area contributed by atoms with Gasteiger partial charge in [0.05, 0.1) is 0 Å². The molecule has 17 heavy (non-hydrogen) atoms. The lowest BCUT2D eigenvalue weighted by Gasteiger charge is -2.10. The Hall–Kier alpha value is -1.30. The highest BCUT2D eigenvalue weighted by Gasteiger charge is 2.23. The third kappa shape index (κ3) is 3.33. The van der Waals surface area contributed by atoms with E-state index >= 15 is 0 Å². The van der Waals surface area contributed by atoms with E-state index < -0.39 is 0 Å². The van der Waals surface area contributed by atoms with Gasteiger partial charge in [-0.3, -0.25) is 0 Å². The van der Waals surface area contributed by atoms with E-state index in [9.17, 15) is 0 Å². The lowest BCUT2D eigenvalue weighted by Crippen LogP contribution is -1.97. The van der Waals surface area contributed by atoms with E-state index in [2.05, 4.69) is 48.9 Å². The van der Waals surface area contributed by atoms with Gasteiger partial charge in [0.1, 0.15) is 0 Å². The maximum Gasteiger partial charge on any atom is 0.0412 e. The first-order valence-electron chi connectivity index (χ1n) is 6.52. The van der Waals surface area contributed by atoms with E-state index in [0.29, 0.717) is 6.04 Å². The van der Waals surface area contributed by atoms with Crippen LogP contribution in [0.2, 0.25) is 0 Å². The Labute approximate surface area is 104 Å². The maximum absolute atomic E-state index is 3.82. The molecular formula is C16H21N. The van der Waals surface area contributed by atoms with Gasteiger partial charge in [0.2, 0.25) is 0 Å². The summed E-state index contributed by atoms with van der Waals surface area (Å²) in [7, 11) is 0. The molecule has 0 spiro atoms. The molecule has 0 aromatic heterocycles. The summed E-state index contributed by atoms with van der Waals surface area (Å²) in [5, 5.41) is 3.37. The van der Waals surface area contributed by atoms with Crippen LogP contribution in [0, 0.1) is 0 Å². The number of hydrogen-bond acceptors (Lipinski definition) is 1. The molecule has 1 heteroatoms. The molecule has 0 aromatic rings. The van der Waals surface area contributed by atoms with Gasteiger partial charge in [-0.1, -0.05) is 44.2 Å². The van der Waals surface area contributed by atoms with E-state index in [4.69, 9.17) is 0 Å². The minimum Gasteiger partial charge on any atom is -0.307 e. The smallest absolute Gasteiger partial charge is 0.0412 e. The van der Waals surface area contributed by atoms with Crippen LogP contribution in [-0.2, 0) is 0 Å². The standard InChI is InChI=1S/C16H21N/c1-3-7-13(4-2)14-8-5-6-9-15(11-10-14)16-12-17-16/h5-6,10-11,16-17H,2-3,7-9,12H2,1H3. The molecule has 0 radical (unpaired) electrons. The molecule has 1 aliphatic heterocycles. The summed E-state index contributed by atoms with van der Waals surface area (Å²) in [6, 6.07) is 0.623. The number of allylic oxidation sites excluding steroid dienone is 6. The predicted molar refractivity (Wildman–Crippen MR) is 73.9 cm³/mol. The van der Waals surface area contributed by atoms with E-state index in [1.165, 1.54) is 16.7 Å². The fraction of sp³-hybridized carbons (Fsp3) is 0.438. The van der Waals surface area contributed by atoms with Crippen molar-refractivity contribution in [3.8, 4) is 0 Å². The molecule has 0 aromatic carbocycles. The van der Waals surface area contributed by atoms with E-state index in [0.717, 1.165) is 32.2 Å². The average molecular weight is 227 g/mol. The van der Waals surface area contributed by atoms with Crippen LogP contribution in [-0.4, -0.2) is 12.6 Å². The molecule has 0 bridgehead atoms. The molecule has 1 fully saturated rings. The van der Waals surface area contributed by atoms with Gasteiger partial charge in [0.25, 0.3) is 0 Å². The van der Waals surface area contributed by atoms with Crippen molar-refractivity contribution in [1.82, 2.24) is 5.32 Å². The SMILES string of the molecule is C=C=C(CCC)C1=CC=C(C2CN2)CC=CC1. The Kier molecular flexibility index (Phi) is 4.19. The Morgan fingerprint density at radius 2 is 2.18 bits per heavy atom. The fourth-order valence-corrected chi connectivity index (χ4v) is 2.19. The quantitative estimate of drug-likeness (QED) is 0.442. The molecule has 90 valence electrons. The van der Waals surface area contributed by atoms with Gasteiger partial charge in [-0.05, 0) is 36.0 Å². The molecule has 1 unspecified atom stereocenters. The number of hydrogen-bond donors (Lipinski definition) is 1. The van der Waals surface area contributed by atoms with Gasteiger partial charge in [-0.2, -0.15) is 0 Å². The van der Waals surface area contributed by atoms with Gasteiger partial charge >= 0.3 is 0 Å². The van der Waals surface area contributed by atoms with Crippen LogP contribution in [0.5, 0.6) is 0 Å². The summed E-state index contributed by atoms with van der Waals surface area (Å²) in [6.07, 6.45) is 13.4.